The molecule has 0 aliphatic rings. The molecule has 0 bridgehead atoms. The highest BCUT2D eigenvalue weighted by Crippen LogP contribution is 2.24. The van der Waals surface area contributed by atoms with Gasteiger partial charge in [0.25, 0.3) is 0 Å². The Morgan fingerprint density at radius 3 is 2.69 bits per heavy atom. The van der Waals surface area contributed by atoms with Gasteiger partial charge >= 0.3 is 0 Å². The minimum absolute atomic E-state index is 0.173. The number of hydrogen-bond donors (Lipinski definition) is 0. The monoisotopic (exact) mass is 242 g/mol. The van der Waals surface area contributed by atoms with E-state index in [0.29, 0.717) is 11.0 Å². The van der Waals surface area contributed by atoms with E-state index in [1.54, 1.807) is 0 Å². The Balaban J connectivity index is 2.81. The Bertz CT molecular complexity index is 331. The first-order valence-electron chi connectivity index (χ1n) is 5.85. The fourth-order valence-corrected chi connectivity index (χ4v) is 1.81. The van der Waals surface area contributed by atoms with Crippen molar-refractivity contribution in [3.63, 3.8) is 0 Å². The largest absolute Gasteiger partial charge is 0.474 e. The number of hydrogen-bond acceptors (Lipinski definition) is 3. The third-order valence-corrected chi connectivity index (χ3v) is 2.69. The van der Waals surface area contributed by atoms with Gasteiger partial charge in [-0.1, -0.05) is 38.3 Å². The Kier molecular flexibility index (Phi) is 5.53. The van der Waals surface area contributed by atoms with Gasteiger partial charge in [0.1, 0.15) is 11.5 Å². The summed E-state index contributed by atoms with van der Waals surface area (Å²) in [5.41, 5.74) is 0.926. The summed E-state index contributed by atoms with van der Waals surface area (Å²) in [7, 11) is 0. The zero-order valence-corrected chi connectivity index (χ0v) is 10.9. The first-order chi connectivity index (χ1) is 7.69. The van der Waals surface area contributed by atoms with E-state index in [2.05, 4.69) is 30.7 Å². The fourth-order valence-electron chi connectivity index (χ4n) is 1.59. The number of halogens is 1. The van der Waals surface area contributed by atoms with Gasteiger partial charge in [0.05, 0.1) is 11.7 Å². The number of ether oxygens (including phenoxy) is 1. The van der Waals surface area contributed by atoms with Crippen LogP contribution in [0.5, 0.6) is 5.88 Å². The molecule has 1 aromatic rings. The quantitative estimate of drug-likeness (QED) is 0.715. The van der Waals surface area contributed by atoms with Crippen LogP contribution in [-0.4, -0.2) is 16.1 Å². The van der Waals surface area contributed by atoms with Crippen molar-refractivity contribution in [3.8, 4) is 5.88 Å². The van der Waals surface area contributed by atoms with Crippen molar-refractivity contribution in [3.05, 3.63) is 17.0 Å². The fraction of sp³-hybridized carbons (Fsp3) is 0.667. The molecule has 16 heavy (non-hydrogen) atoms. The van der Waals surface area contributed by atoms with Gasteiger partial charge in [0, 0.05) is 0 Å². The predicted octanol–water partition coefficient (Wildman–Crippen LogP) is 3.65. The minimum Gasteiger partial charge on any atom is -0.474 e. The van der Waals surface area contributed by atoms with E-state index in [0.717, 1.165) is 31.2 Å². The van der Waals surface area contributed by atoms with Gasteiger partial charge in [-0.2, -0.15) is 0 Å². The molecular weight excluding hydrogens is 224 g/mol. The summed E-state index contributed by atoms with van der Waals surface area (Å²) in [5.74, 6) is 0.641. The van der Waals surface area contributed by atoms with E-state index in [9.17, 15) is 0 Å². The first-order valence-corrected chi connectivity index (χ1v) is 6.22. The summed E-state index contributed by atoms with van der Waals surface area (Å²) in [5, 5.41) is 0.510. The average Bonchev–Trinajstić information content (AvgIpc) is 2.23. The zero-order valence-electron chi connectivity index (χ0n) is 10.2. The molecule has 0 spiro atoms. The standard InChI is InChI=1S/C12H19ClN2O/c1-4-6-9(3)16-12-10(7-5-2)11(13)14-8-15-12/h8-9H,4-7H2,1-3H3. The van der Waals surface area contributed by atoms with Crippen molar-refractivity contribution >= 4 is 11.6 Å². The summed E-state index contributed by atoms with van der Waals surface area (Å²) < 4.78 is 5.78. The van der Waals surface area contributed by atoms with Crippen molar-refractivity contribution in [1.82, 2.24) is 9.97 Å². The van der Waals surface area contributed by atoms with Crippen LogP contribution in [0.25, 0.3) is 0 Å². The molecule has 1 aromatic heterocycles. The molecular formula is C12H19ClN2O. The molecule has 0 fully saturated rings. The SMILES string of the molecule is CCCc1c(Cl)ncnc1OC(C)CCC. The smallest absolute Gasteiger partial charge is 0.221 e. The molecule has 0 saturated carbocycles. The second-order valence-electron chi connectivity index (χ2n) is 3.92. The summed E-state index contributed by atoms with van der Waals surface area (Å²) >= 11 is 6.04. The van der Waals surface area contributed by atoms with Crippen LogP contribution >= 0.6 is 11.6 Å². The molecule has 1 atom stereocenters. The molecule has 1 unspecified atom stereocenters. The second-order valence-corrected chi connectivity index (χ2v) is 4.27. The molecule has 0 N–H and O–H groups in total. The van der Waals surface area contributed by atoms with Crippen LogP contribution in [0, 0.1) is 0 Å². The van der Waals surface area contributed by atoms with Crippen LogP contribution in [0.1, 0.15) is 45.6 Å². The molecule has 0 saturated heterocycles. The van der Waals surface area contributed by atoms with Crippen LogP contribution in [0.3, 0.4) is 0 Å². The molecule has 90 valence electrons. The van der Waals surface area contributed by atoms with Crippen molar-refractivity contribution < 1.29 is 4.74 Å². The van der Waals surface area contributed by atoms with E-state index in [-0.39, 0.29) is 6.10 Å². The van der Waals surface area contributed by atoms with Gasteiger partial charge in [0.15, 0.2) is 0 Å². The van der Waals surface area contributed by atoms with Gasteiger partial charge in [-0.3, -0.25) is 0 Å². The molecule has 0 amide bonds. The highest BCUT2D eigenvalue weighted by molar-refractivity contribution is 6.30. The van der Waals surface area contributed by atoms with Crippen molar-refractivity contribution in [2.45, 2.75) is 52.6 Å². The van der Waals surface area contributed by atoms with Crippen LogP contribution in [-0.2, 0) is 6.42 Å². The predicted molar refractivity (Wildman–Crippen MR) is 66.0 cm³/mol. The van der Waals surface area contributed by atoms with Gasteiger partial charge in [0.2, 0.25) is 5.88 Å². The van der Waals surface area contributed by atoms with Crippen molar-refractivity contribution in [1.29, 1.82) is 0 Å². The number of nitrogens with zero attached hydrogens (tertiary/aromatic N) is 2. The van der Waals surface area contributed by atoms with Gasteiger partial charge in [-0.05, 0) is 19.8 Å². The van der Waals surface area contributed by atoms with Gasteiger partial charge < -0.3 is 4.74 Å². The minimum atomic E-state index is 0.173. The lowest BCUT2D eigenvalue weighted by Crippen LogP contribution is -2.13. The molecule has 3 nitrogen and oxygen atoms in total. The Morgan fingerprint density at radius 2 is 2.06 bits per heavy atom. The zero-order chi connectivity index (χ0) is 12.0. The maximum Gasteiger partial charge on any atom is 0.221 e. The van der Waals surface area contributed by atoms with Crippen LogP contribution in [0.15, 0.2) is 6.33 Å². The molecule has 1 rings (SSSR count). The Labute approximate surface area is 102 Å². The average molecular weight is 243 g/mol. The maximum absolute atomic E-state index is 6.04. The van der Waals surface area contributed by atoms with Crippen molar-refractivity contribution in [2.75, 3.05) is 0 Å². The molecule has 0 aromatic carbocycles. The third-order valence-electron chi connectivity index (χ3n) is 2.36. The van der Waals surface area contributed by atoms with E-state index in [1.165, 1.54) is 6.33 Å². The molecule has 1 heterocycles. The summed E-state index contributed by atoms with van der Waals surface area (Å²) in [6, 6.07) is 0. The third kappa shape index (κ3) is 3.63. The summed E-state index contributed by atoms with van der Waals surface area (Å²) in [6.07, 6.45) is 5.61. The topological polar surface area (TPSA) is 35.0 Å². The summed E-state index contributed by atoms with van der Waals surface area (Å²) in [6.45, 7) is 6.29. The van der Waals surface area contributed by atoms with Gasteiger partial charge in [-0.25, -0.2) is 9.97 Å². The van der Waals surface area contributed by atoms with E-state index < -0.39 is 0 Å². The van der Waals surface area contributed by atoms with Crippen molar-refractivity contribution in [2.24, 2.45) is 0 Å². The van der Waals surface area contributed by atoms with Crippen LogP contribution in [0.4, 0.5) is 0 Å². The van der Waals surface area contributed by atoms with Gasteiger partial charge in [-0.15, -0.1) is 0 Å². The molecule has 0 aliphatic heterocycles. The molecule has 0 aliphatic carbocycles. The summed E-state index contributed by atoms with van der Waals surface area (Å²) in [4.78, 5) is 8.15. The Hall–Kier alpha value is -0.830. The Morgan fingerprint density at radius 1 is 1.31 bits per heavy atom. The lowest BCUT2D eigenvalue weighted by atomic mass is 10.2. The number of aromatic nitrogens is 2. The maximum atomic E-state index is 6.04. The van der Waals surface area contributed by atoms with Crippen LogP contribution < -0.4 is 4.74 Å². The number of rotatable bonds is 6. The van der Waals surface area contributed by atoms with E-state index >= 15 is 0 Å². The normalized spacial score (nSPS) is 12.5. The van der Waals surface area contributed by atoms with Crippen LogP contribution in [0.2, 0.25) is 5.15 Å². The first kappa shape index (κ1) is 13.2. The lowest BCUT2D eigenvalue weighted by molar-refractivity contribution is 0.199. The molecule has 4 heteroatoms. The van der Waals surface area contributed by atoms with E-state index in [4.69, 9.17) is 16.3 Å². The highest BCUT2D eigenvalue weighted by atomic mass is 35.5. The lowest BCUT2D eigenvalue weighted by Gasteiger charge is -2.15. The second kappa shape index (κ2) is 6.69. The van der Waals surface area contributed by atoms with E-state index in [1.807, 2.05) is 0 Å². The highest BCUT2D eigenvalue weighted by Gasteiger charge is 2.12. The molecule has 0 radical (unpaired) electrons.